The Morgan fingerprint density at radius 2 is 1.85 bits per heavy atom. The molecular formula is C19H27F3N2O2. The summed E-state index contributed by atoms with van der Waals surface area (Å²) in [5, 5.41) is 2.85. The maximum atomic E-state index is 12.8. The molecule has 1 aromatic carbocycles. The second-order valence-electron chi connectivity index (χ2n) is 7.63. The highest BCUT2D eigenvalue weighted by molar-refractivity contribution is 5.78. The van der Waals surface area contributed by atoms with Gasteiger partial charge in [0.05, 0.1) is 24.2 Å². The van der Waals surface area contributed by atoms with Gasteiger partial charge >= 0.3 is 6.18 Å². The molecule has 0 bridgehead atoms. The standard InChI is InChI=1S/C19H27F3N2O2/c1-13-10-24(11-14(2)26-13)18(3,4)12-23-17(25)9-15-6-5-7-16(8-15)19(20,21)22/h5-8,13-14H,9-12H2,1-4H3,(H,23,25)/t13-,14-/m1/s1. The number of hydrogen-bond acceptors (Lipinski definition) is 3. The van der Waals surface area contributed by atoms with Gasteiger partial charge in [-0.25, -0.2) is 0 Å². The molecule has 0 spiro atoms. The van der Waals surface area contributed by atoms with Crippen molar-refractivity contribution >= 4 is 5.91 Å². The number of carbonyl (C=O) groups is 1. The molecule has 0 unspecified atom stereocenters. The van der Waals surface area contributed by atoms with Crippen LogP contribution in [0.25, 0.3) is 0 Å². The summed E-state index contributed by atoms with van der Waals surface area (Å²) in [5.74, 6) is -0.285. The predicted octanol–water partition coefficient (Wildman–Crippen LogP) is 3.25. The van der Waals surface area contributed by atoms with Crippen LogP contribution in [-0.4, -0.2) is 48.2 Å². The Morgan fingerprint density at radius 3 is 2.42 bits per heavy atom. The van der Waals surface area contributed by atoms with Gasteiger partial charge in [0.1, 0.15) is 0 Å². The molecule has 1 aliphatic rings. The number of hydrogen-bond donors (Lipinski definition) is 1. The molecule has 1 aliphatic heterocycles. The molecule has 26 heavy (non-hydrogen) atoms. The number of nitrogens with one attached hydrogen (secondary N) is 1. The molecule has 4 nitrogen and oxygen atoms in total. The third kappa shape index (κ3) is 5.71. The first-order valence-corrected chi connectivity index (χ1v) is 8.81. The van der Waals surface area contributed by atoms with E-state index in [4.69, 9.17) is 4.74 Å². The maximum absolute atomic E-state index is 12.8. The number of rotatable bonds is 5. The molecule has 146 valence electrons. The fraction of sp³-hybridized carbons (Fsp3) is 0.632. The van der Waals surface area contributed by atoms with E-state index < -0.39 is 11.7 Å². The van der Waals surface area contributed by atoms with Crippen molar-refractivity contribution in [2.24, 2.45) is 0 Å². The minimum absolute atomic E-state index is 0.0735. The van der Waals surface area contributed by atoms with Gasteiger partial charge in [-0.15, -0.1) is 0 Å². The maximum Gasteiger partial charge on any atom is 0.416 e. The lowest BCUT2D eigenvalue weighted by molar-refractivity contribution is -0.137. The zero-order valence-corrected chi connectivity index (χ0v) is 15.7. The monoisotopic (exact) mass is 372 g/mol. The second kappa shape index (κ2) is 7.96. The van der Waals surface area contributed by atoms with Gasteiger partial charge in [-0.1, -0.05) is 18.2 Å². The molecule has 0 saturated carbocycles. The van der Waals surface area contributed by atoms with Crippen LogP contribution in [0.2, 0.25) is 0 Å². The minimum atomic E-state index is -4.40. The smallest absolute Gasteiger partial charge is 0.373 e. The van der Waals surface area contributed by atoms with Gasteiger partial charge in [-0.3, -0.25) is 9.69 Å². The summed E-state index contributed by atoms with van der Waals surface area (Å²) < 4.78 is 44.0. The zero-order chi connectivity index (χ0) is 19.5. The van der Waals surface area contributed by atoms with E-state index >= 15 is 0 Å². The van der Waals surface area contributed by atoms with E-state index in [2.05, 4.69) is 10.2 Å². The molecule has 1 fully saturated rings. The Kier molecular flexibility index (Phi) is 6.34. The molecule has 1 N–H and O–H groups in total. The lowest BCUT2D eigenvalue weighted by Crippen LogP contribution is -2.58. The van der Waals surface area contributed by atoms with Crippen molar-refractivity contribution in [1.29, 1.82) is 0 Å². The molecule has 1 aromatic rings. The highest BCUT2D eigenvalue weighted by Gasteiger charge is 2.33. The summed E-state index contributed by atoms with van der Waals surface area (Å²) in [7, 11) is 0. The van der Waals surface area contributed by atoms with Crippen LogP contribution in [-0.2, 0) is 22.1 Å². The Labute approximate surface area is 152 Å². The van der Waals surface area contributed by atoms with Gasteiger partial charge in [0.25, 0.3) is 0 Å². The molecule has 2 atom stereocenters. The first-order valence-electron chi connectivity index (χ1n) is 8.81. The van der Waals surface area contributed by atoms with E-state index in [0.717, 1.165) is 25.2 Å². The largest absolute Gasteiger partial charge is 0.416 e. The normalized spacial score (nSPS) is 22.3. The lowest BCUT2D eigenvalue weighted by atomic mass is 9.99. The van der Waals surface area contributed by atoms with E-state index in [1.807, 2.05) is 27.7 Å². The highest BCUT2D eigenvalue weighted by Crippen LogP contribution is 2.29. The summed E-state index contributed by atoms with van der Waals surface area (Å²) in [6.45, 7) is 10.1. The Morgan fingerprint density at radius 1 is 1.23 bits per heavy atom. The summed E-state index contributed by atoms with van der Waals surface area (Å²) in [4.78, 5) is 14.5. The average Bonchev–Trinajstić information content (AvgIpc) is 2.51. The van der Waals surface area contributed by atoms with Crippen molar-refractivity contribution in [3.05, 3.63) is 35.4 Å². The van der Waals surface area contributed by atoms with Crippen LogP contribution < -0.4 is 5.32 Å². The molecule has 1 amide bonds. The van der Waals surface area contributed by atoms with Gasteiger partial charge in [0.2, 0.25) is 5.91 Å². The van der Waals surface area contributed by atoms with Crippen LogP contribution >= 0.6 is 0 Å². The van der Waals surface area contributed by atoms with Crippen LogP contribution in [0.15, 0.2) is 24.3 Å². The van der Waals surface area contributed by atoms with E-state index in [-0.39, 0.29) is 30.1 Å². The summed E-state index contributed by atoms with van der Waals surface area (Å²) in [5.41, 5.74) is -0.654. The van der Waals surface area contributed by atoms with Gasteiger partial charge in [0.15, 0.2) is 0 Å². The molecule has 1 saturated heterocycles. The summed E-state index contributed by atoms with van der Waals surface area (Å²) in [6.07, 6.45) is -4.23. The van der Waals surface area contributed by atoms with Crippen LogP contribution in [0.5, 0.6) is 0 Å². The minimum Gasteiger partial charge on any atom is -0.373 e. The molecule has 2 rings (SSSR count). The number of benzene rings is 1. The quantitative estimate of drug-likeness (QED) is 0.863. The average molecular weight is 372 g/mol. The van der Waals surface area contributed by atoms with E-state index in [1.165, 1.54) is 12.1 Å². The SMILES string of the molecule is C[C@@H]1CN(C(C)(C)CNC(=O)Cc2cccc(C(F)(F)F)c2)C[C@@H](C)O1. The van der Waals surface area contributed by atoms with Gasteiger partial charge in [-0.05, 0) is 39.3 Å². The molecule has 0 aromatic heterocycles. The second-order valence-corrected chi connectivity index (χ2v) is 7.63. The summed E-state index contributed by atoms with van der Waals surface area (Å²) in [6, 6.07) is 4.89. The van der Waals surface area contributed by atoms with E-state index in [1.54, 1.807) is 0 Å². The first kappa shape index (κ1) is 20.7. The van der Waals surface area contributed by atoms with Crippen molar-refractivity contribution < 1.29 is 22.7 Å². The number of carbonyl (C=O) groups excluding carboxylic acids is 1. The Hall–Kier alpha value is -1.60. The molecule has 7 heteroatoms. The van der Waals surface area contributed by atoms with Gasteiger partial charge in [0, 0.05) is 25.2 Å². The molecule has 0 aliphatic carbocycles. The number of halogens is 3. The van der Waals surface area contributed by atoms with Crippen molar-refractivity contribution in [2.45, 2.75) is 58.0 Å². The number of alkyl halides is 3. The number of ether oxygens (including phenoxy) is 1. The Bertz CT molecular complexity index is 621. The van der Waals surface area contributed by atoms with Crippen molar-refractivity contribution in [2.75, 3.05) is 19.6 Å². The predicted molar refractivity (Wildman–Crippen MR) is 93.8 cm³/mol. The lowest BCUT2D eigenvalue weighted by Gasteiger charge is -2.45. The fourth-order valence-electron chi connectivity index (χ4n) is 3.20. The number of amides is 1. The van der Waals surface area contributed by atoms with Crippen LogP contribution in [0.1, 0.15) is 38.8 Å². The fourth-order valence-corrected chi connectivity index (χ4v) is 3.20. The molecular weight excluding hydrogens is 345 g/mol. The number of nitrogens with zero attached hydrogens (tertiary/aromatic N) is 1. The van der Waals surface area contributed by atoms with Crippen molar-refractivity contribution in [1.82, 2.24) is 10.2 Å². The highest BCUT2D eigenvalue weighted by atomic mass is 19.4. The van der Waals surface area contributed by atoms with Crippen LogP contribution in [0, 0.1) is 0 Å². The molecule has 0 radical (unpaired) electrons. The van der Waals surface area contributed by atoms with Crippen LogP contribution in [0.4, 0.5) is 13.2 Å². The third-order valence-electron chi connectivity index (χ3n) is 4.61. The van der Waals surface area contributed by atoms with Gasteiger partial charge in [-0.2, -0.15) is 13.2 Å². The topological polar surface area (TPSA) is 41.6 Å². The van der Waals surface area contributed by atoms with E-state index in [0.29, 0.717) is 12.1 Å². The summed E-state index contributed by atoms with van der Waals surface area (Å²) >= 11 is 0. The van der Waals surface area contributed by atoms with Gasteiger partial charge < -0.3 is 10.1 Å². The first-order chi connectivity index (χ1) is 12.0. The van der Waals surface area contributed by atoms with Crippen LogP contribution in [0.3, 0.4) is 0 Å². The van der Waals surface area contributed by atoms with Crippen molar-refractivity contribution in [3.8, 4) is 0 Å². The van der Waals surface area contributed by atoms with Crippen molar-refractivity contribution in [3.63, 3.8) is 0 Å². The number of morpholine rings is 1. The van der Waals surface area contributed by atoms with E-state index in [9.17, 15) is 18.0 Å². The Balaban J connectivity index is 1.92. The zero-order valence-electron chi connectivity index (χ0n) is 15.7. The molecule has 1 heterocycles. The third-order valence-corrected chi connectivity index (χ3v) is 4.61.